The number of rotatable bonds is 7. The summed E-state index contributed by atoms with van der Waals surface area (Å²) in [5, 5.41) is 21.4. The molecule has 2 aromatic heterocycles. The zero-order valence-corrected chi connectivity index (χ0v) is 14.9. The number of carbonyl (C=O) groups excluding carboxylic acids is 1. The minimum Gasteiger partial charge on any atom is -0.394 e. The Morgan fingerprint density at radius 1 is 1.42 bits per heavy atom. The van der Waals surface area contributed by atoms with Crippen LogP contribution in [0, 0.1) is 19.8 Å². The Hall–Kier alpha value is -2.22. The molecule has 2 heterocycles. The van der Waals surface area contributed by atoms with Gasteiger partial charge in [0.15, 0.2) is 11.5 Å². The van der Waals surface area contributed by atoms with Crippen molar-refractivity contribution in [3.8, 4) is 0 Å². The van der Waals surface area contributed by atoms with Crippen molar-refractivity contribution in [3.05, 3.63) is 28.9 Å². The van der Waals surface area contributed by atoms with Gasteiger partial charge in [-0.2, -0.15) is 0 Å². The third-order valence-corrected chi connectivity index (χ3v) is 3.99. The van der Waals surface area contributed by atoms with Gasteiger partial charge in [0.25, 0.3) is 5.91 Å². The predicted molar refractivity (Wildman–Crippen MR) is 87.5 cm³/mol. The van der Waals surface area contributed by atoms with E-state index in [2.05, 4.69) is 29.3 Å². The predicted octanol–water partition coefficient (Wildman–Crippen LogP) is 1.41. The summed E-state index contributed by atoms with van der Waals surface area (Å²) in [6.45, 7) is 8.04. The van der Waals surface area contributed by atoms with Crippen molar-refractivity contribution < 1.29 is 14.4 Å². The van der Waals surface area contributed by atoms with Gasteiger partial charge in [-0.15, -0.1) is 5.10 Å². The maximum absolute atomic E-state index is 12.7. The van der Waals surface area contributed by atoms with Gasteiger partial charge in [-0.1, -0.05) is 24.2 Å². The standard InChI is InChI=1S/C16H25N5O3/c1-10(2)6-13(9-22)20(5)16(23)15-12(4)21(19-17-15)8-14-7-11(3)18-24-14/h7,10,13,22H,6,8-9H2,1-5H3. The third kappa shape index (κ3) is 4.00. The average Bonchev–Trinajstić information content (AvgIpc) is 3.10. The second-order valence-electron chi connectivity index (χ2n) is 6.50. The highest BCUT2D eigenvalue weighted by Crippen LogP contribution is 2.15. The number of aliphatic hydroxyl groups excluding tert-OH is 1. The smallest absolute Gasteiger partial charge is 0.276 e. The van der Waals surface area contributed by atoms with E-state index in [9.17, 15) is 9.90 Å². The molecule has 1 amide bonds. The number of carbonyl (C=O) groups is 1. The fourth-order valence-electron chi connectivity index (χ4n) is 2.58. The summed E-state index contributed by atoms with van der Waals surface area (Å²) >= 11 is 0. The van der Waals surface area contributed by atoms with Gasteiger partial charge in [-0.3, -0.25) is 4.79 Å². The molecule has 0 aliphatic rings. The van der Waals surface area contributed by atoms with Gasteiger partial charge >= 0.3 is 0 Å². The first-order valence-corrected chi connectivity index (χ1v) is 8.03. The number of hydrogen-bond donors (Lipinski definition) is 1. The summed E-state index contributed by atoms with van der Waals surface area (Å²) in [6.07, 6.45) is 0.725. The fourth-order valence-corrected chi connectivity index (χ4v) is 2.58. The zero-order valence-electron chi connectivity index (χ0n) is 14.9. The molecule has 0 spiro atoms. The Labute approximate surface area is 141 Å². The number of hydrogen-bond acceptors (Lipinski definition) is 6. The summed E-state index contributed by atoms with van der Waals surface area (Å²) < 4.78 is 6.78. The van der Waals surface area contributed by atoms with E-state index >= 15 is 0 Å². The lowest BCUT2D eigenvalue weighted by Gasteiger charge is -2.27. The molecule has 0 bridgehead atoms. The van der Waals surface area contributed by atoms with Crippen LogP contribution in [0.4, 0.5) is 0 Å². The molecule has 0 saturated carbocycles. The van der Waals surface area contributed by atoms with E-state index in [1.165, 1.54) is 0 Å². The van der Waals surface area contributed by atoms with Crippen LogP contribution in [0.3, 0.4) is 0 Å². The van der Waals surface area contributed by atoms with E-state index in [1.54, 1.807) is 23.6 Å². The van der Waals surface area contributed by atoms with E-state index in [0.717, 1.165) is 12.1 Å². The number of aliphatic hydroxyl groups is 1. The molecule has 24 heavy (non-hydrogen) atoms. The molecule has 132 valence electrons. The molecule has 2 aromatic rings. The van der Waals surface area contributed by atoms with Crippen LogP contribution < -0.4 is 0 Å². The molecular formula is C16H25N5O3. The first-order valence-electron chi connectivity index (χ1n) is 8.03. The first-order chi connectivity index (χ1) is 11.3. The van der Waals surface area contributed by atoms with Gasteiger partial charge in [0.2, 0.25) is 0 Å². The molecule has 0 saturated heterocycles. The molecule has 0 aromatic carbocycles. The molecule has 0 aliphatic heterocycles. The lowest BCUT2D eigenvalue weighted by molar-refractivity contribution is 0.0623. The minimum absolute atomic E-state index is 0.0784. The van der Waals surface area contributed by atoms with Crippen molar-refractivity contribution in [3.63, 3.8) is 0 Å². The highest BCUT2D eigenvalue weighted by Gasteiger charge is 2.26. The third-order valence-electron chi connectivity index (χ3n) is 3.99. The number of nitrogens with zero attached hydrogens (tertiary/aromatic N) is 5. The molecule has 2 rings (SSSR count). The van der Waals surface area contributed by atoms with Crippen LogP contribution in [0.15, 0.2) is 10.6 Å². The number of amides is 1. The van der Waals surface area contributed by atoms with Crippen molar-refractivity contribution in [2.24, 2.45) is 5.92 Å². The molecule has 8 nitrogen and oxygen atoms in total. The van der Waals surface area contributed by atoms with Crippen LogP contribution in [0.5, 0.6) is 0 Å². The van der Waals surface area contributed by atoms with E-state index in [0.29, 0.717) is 23.9 Å². The van der Waals surface area contributed by atoms with Gasteiger partial charge in [0, 0.05) is 13.1 Å². The van der Waals surface area contributed by atoms with Crippen molar-refractivity contribution in [1.29, 1.82) is 0 Å². The van der Waals surface area contributed by atoms with Crippen LogP contribution in [0.1, 0.15) is 47.9 Å². The molecule has 1 N–H and O–H groups in total. The minimum atomic E-state index is -0.243. The van der Waals surface area contributed by atoms with Crippen LogP contribution in [0.2, 0.25) is 0 Å². The number of aryl methyl sites for hydroxylation is 1. The van der Waals surface area contributed by atoms with Crippen LogP contribution in [0.25, 0.3) is 0 Å². The summed E-state index contributed by atoms with van der Waals surface area (Å²) in [5.41, 5.74) is 1.73. The van der Waals surface area contributed by atoms with Gasteiger partial charge in [0.1, 0.15) is 6.54 Å². The largest absolute Gasteiger partial charge is 0.394 e. The number of likely N-dealkylation sites (N-methyl/N-ethyl adjacent to an activating group) is 1. The quantitative estimate of drug-likeness (QED) is 0.821. The summed E-state index contributed by atoms with van der Waals surface area (Å²) in [6, 6.07) is 1.58. The van der Waals surface area contributed by atoms with E-state index < -0.39 is 0 Å². The van der Waals surface area contributed by atoms with E-state index in [1.807, 2.05) is 13.0 Å². The summed E-state index contributed by atoms with van der Waals surface area (Å²) in [4.78, 5) is 14.2. The highest BCUT2D eigenvalue weighted by atomic mass is 16.5. The Bertz CT molecular complexity index is 692. The topological polar surface area (TPSA) is 97.3 Å². The molecule has 0 radical (unpaired) electrons. The van der Waals surface area contributed by atoms with Crippen LogP contribution >= 0.6 is 0 Å². The number of aromatic nitrogens is 4. The second-order valence-corrected chi connectivity index (χ2v) is 6.50. The molecule has 8 heteroatoms. The molecule has 1 unspecified atom stereocenters. The lowest BCUT2D eigenvalue weighted by Crippen LogP contribution is -2.40. The molecule has 0 aliphatic carbocycles. The van der Waals surface area contributed by atoms with Crippen molar-refractivity contribution >= 4 is 5.91 Å². The van der Waals surface area contributed by atoms with E-state index in [4.69, 9.17) is 4.52 Å². The second kappa shape index (κ2) is 7.57. The first kappa shape index (κ1) is 18.1. The van der Waals surface area contributed by atoms with E-state index in [-0.39, 0.29) is 24.2 Å². The molecule has 0 fully saturated rings. The van der Waals surface area contributed by atoms with Gasteiger partial charge in [0.05, 0.1) is 24.0 Å². The Balaban J connectivity index is 2.15. The maximum Gasteiger partial charge on any atom is 0.276 e. The zero-order chi connectivity index (χ0) is 17.9. The van der Waals surface area contributed by atoms with Crippen molar-refractivity contribution in [2.45, 2.75) is 46.7 Å². The van der Waals surface area contributed by atoms with Gasteiger partial charge < -0.3 is 14.5 Å². The Morgan fingerprint density at radius 3 is 2.67 bits per heavy atom. The average molecular weight is 335 g/mol. The van der Waals surface area contributed by atoms with Crippen LogP contribution in [-0.2, 0) is 6.54 Å². The van der Waals surface area contributed by atoms with Crippen LogP contribution in [-0.4, -0.2) is 55.8 Å². The SMILES string of the molecule is Cc1cc(Cn2nnc(C(=O)N(C)C(CO)CC(C)C)c2C)on1. The van der Waals surface area contributed by atoms with Gasteiger partial charge in [-0.05, 0) is 26.2 Å². The fraction of sp³-hybridized carbons (Fsp3) is 0.625. The van der Waals surface area contributed by atoms with Crippen molar-refractivity contribution in [2.75, 3.05) is 13.7 Å². The molecule has 1 atom stereocenters. The summed E-state index contributed by atoms with van der Waals surface area (Å²) in [7, 11) is 1.68. The Morgan fingerprint density at radius 2 is 2.12 bits per heavy atom. The lowest BCUT2D eigenvalue weighted by atomic mass is 10.0. The molecular weight excluding hydrogens is 310 g/mol. The maximum atomic E-state index is 12.7. The highest BCUT2D eigenvalue weighted by molar-refractivity contribution is 5.93. The summed E-state index contributed by atoms with van der Waals surface area (Å²) in [5.74, 6) is 0.789. The Kier molecular flexibility index (Phi) is 5.71. The van der Waals surface area contributed by atoms with Crippen molar-refractivity contribution in [1.82, 2.24) is 25.1 Å². The normalized spacial score (nSPS) is 12.6. The van der Waals surface area contributed by atoms with Gasteiger partial charge in [-0.25, -0.2) is 4.68 Å². The monoisotopic (exact) mass is 335 g/mol.